The molecule has 0 radical (unpaired) electrons. The highest BCUT2D eigenvalue weighted by molar-refractivity contribution is 5.77. The minimum atomic E-state index is -1.02. The molecule has 4 aromatic rings. The predicted octanol–water partition coefficient (Wildman–Crippen LogP) is 4.70. The zero-order valence-corrected chi connectivity index (χ0v) is 19.9. The molecule has 0 aliphatic heterocycles. The highest BCUT2D eigenvalue weighted by atomic mass is 16.5. The van der Waals surface area contributed by atoms with E-state index in [-0.39, 0.29) is 13.2 Å². The lowest BCUT2D eigenvalue weighted by Gasteiger charge is -2.25. The molecule has 0 fully saturated rings. The van der Waals surface area contributed by atoms with Crippen LogP contribution in [-0.2, 0) is 9.53 Å². The number of hydrogen-bond donors (Lipinski definition) is 1. The molecule has 0 saturated carbocycles. The van der Waals surface area contributed by atoms with Crippen molar-refractivity contribution in [2.45, 2.75) is 20.8 Å². The van der Waals surface area contributed by atoms with Gasteiger partial charge in [-0.25, -0.2) is 9.78 Å². The number of nitrogens with zero attached hydrogens (tertiary/aromatic N) is 4. The molecule has 4 rings (SSSR count). The SMILES string of the molecule is Cc1ccc(-c2c(C)noc2C)cc1N(CC#CCOCC(=O)O)c1ccc(-n2ccnc2)cc1. The Labute approximate surface area is 203 Å². The molecule has 0 saturated heterocycles. The van der Waals surface area contributed by atoms with Crippen LogP contribution >= 0.6 is 0 Å². The summed E-state index contributed by atoms with van der Waals surface area (Å²) in [5.74, 6) is 5.78. The molecule has 8 nitrogen and oxygen atoms in total. The summed E-state index contributed by atoms with van der Waals surface area (Å²) in [7, 11) is 0. The van der Waals surface area contributed by atoms with E-state index in [0.717, 1.165) is 45.2 Å². The number of aliphatic carboxylic acids is 1. The van der Waals surface area contributed by atoms with Gasteiger partial charge >= 0.3 is 5.97 Å². The zero-order chi connectivity index (χ0) is 24.8. The molecule has 0 amide bonds. The van der Waals surface area contributed by atoms with Crippen molar-refractivity contribution < 1.29 is 19.2 Å². The summed E-state index contributed by atoms with van der Waals surface area (Å²) in [5.41, 5.74) is 6.88. The molecule has 0 aliphatic carbocycles. The Morgan fingerprint density at radius 2 is 1.94 bits per heavy atom. The number of imidazole rings is 1. The second kappa shape index (κ2) is 10.7. The lowest BCUT2D eigenvalue weighted by atomic mass is 10.0. The van der Waals surface area contributed by atoms with Crippen LogP contribution in [0.25, 0.3) is 16.8 Å². The number of carboxylic acids is 1. The van der Waals surface area contributed by atoms with Crippen molar-refractivity contribution in [3.8, 4) is 28.7 Å². The largest absolute Gasteiger partial charge is 0.480 e. The number of aromatic nitrogens is 3. The van der Waals surface area contributed by atoms with Crippen LogP contribution < -0.4 is 4.90 Å². The van der Waals surface area contributed by atoms with Crippen molar-refractivity contribution in [1.29, 1.82) is 0 Å². The number of anilines is 2. The maximum Gasteiger partial charge on any atom is 0.329 e. The predicted molar refractivity (Wildman–Crippen MR) is 133 cm³/mol. The van der Waals surface area contributed by atoms with Crippen LogP contribution in [0.4, 0.5) is 11.4 Å². The summed E-state index contributed by atoms with van der Waals surface area (Å²) in [4.78, 5) is 16.9. The van der Waals surface area contributed by atoms with Gasteiger partial charge < -0.3 is 23.8 Å². The number of carboxylic acid groups (broad SMARTS) is 1. The zero-order valence-electron chi connectivity index (χ0n) is 19.9. The Bertz CT molecular complexity index is 1340. The average molecular weight is 471 g/mol. The van der Waals surface area contributed by atoms with Crippen molar-refractivity contribution in [2.75, 3.05) is 24.7 Å². The molecule has 2 aromatic heterocycles. The van der Waals surface area contributed by atoms with Gasteiger partial charge in [-0.05, 0) is 62.2 Å². The van der Waals surface area contributed by atoms with Crippen molar-refractivity contribution >= 4 is 17.3 Å². The highest BCUT2D eigenvalue weighted by Gasteiger charge is 2.16. The molecule has 35 heavy (non-hydrogen) atoms. The Balaban J connectivity index is 1.68. The van der Waals surface area contributed by atoms with E-state index in [1.165, 1.54) is 0 Å². The fraction of sp³-hybridized carbons (Fsp3) is 0.222. The van der Waals surface area contributed by atoms with Gasteiger partial charge in [0.2, 0.25) is 0 Å². The lowest BCUT2D eigenvalue weighted by molar-refractivity contribution is -0.141. The van der Waals surface area contributed by atoms with Gasteiger partial charge in [0.25, 0.3) is 0 Å². The number of ether oxygens (including phenoxy) is 1. The fourth-order valence-electron chi connectivity index (χ4n) is 3.86. The molecule has 0 spiro atoms. The van der Waals surface area contributed by atoms with Crippen molar-refractivity contribution in [3.63, 3.8) is 0 Å². The van der Waals surface area contributed by atoms with Gasteiger partial charge in [-0.1, -0.05) is 29.1 Å². The van der Waals surface area contributed by atoms with Gasteiger partial charge in [-0.15, -0.1) is 0 Å². The lowest BCUT2D eigenvalue weighted by Crippen LogP contribution is -2.18. The van der Waals surface area contributed by atoms with Crippen molar-refractivity contribution in [3.05, 3.63) is 78.2 Å². The number of rotatable bonds is 8. The maximum absolute atomic E-state index is 10.6. The van der Waals surface area contributed by atoms with Crippen LogP contribution in [0.1, 0.15) is 17.0 Å². The summed E-state index contributed by atoms with van der Waals surface area (Å²) in [6.07, 6.45) is 5.39. The van der Waals surface area contributed by atoms with Crippen LogP contribution in [0, 0.1) is 32.6 Å². The third-order valence-corrected chi connectivity index (χ3v) is 5.55. The Morgan fingerprint density at radius 1 is 1.14 bits per heavy atom. The van der Waals surface area contributed by atoms with Gasteiger partial charge in [0.05, 0.1) is 18.6 Å². The van der Waals surface area contributed by atoms with Crippen molar-refractivity contribution in [1.82, 2.24) is 14.7 Å². The Morgan fingerprint density at radius 3 is 2.60 bits per heavy atom. The minimum absolute atomic E-state index is 0.0534. The van der Waals surface area contributed by atoms with E-state index in [1.54, 1.807) is 12.5 Å². The minimum Gasteiger partial charge on any atom is -0.480 e. The van der Waals surface area contributed by atoms with Crippen LogP contribution in [0.5, 0.6) is 0 Å². The molecule has 0 bridgehead atoms. The smallest absolute Gasteiger partial charge is 0.329 e. The van der Waals surface area contributed by atoms with E-state index in [4.69, 9.17) is 14.4 Å². The second-order valence-corrected chi connectivity index (χ2v) is 8.01. The number of hydrogen-bond acceptors (Lipinski definition) is 6. The monoisotopic (exact) mass is 470 g/mol. The Kier molecular flexibility index (Phi) is 7.29. The number of carbonyl (C=O) groups is 1. The van der Waals surface area contributed by atoms with E-state index in [9.17, 15) is 4.79 Å². The maximum atomic E-state index is 10.6. The first-order valence-electron chi connectivity index (χ1n) is 11.1. The molecule has 2 aromatic carbocycles. The molecule has 0 unspecified atom stereocenters. The van der Waals surface area contributed by atoms with Crippen molar-refractivity contribution in [2.24, 2.45) is 0 Å². The Hall–Kier alpha value is -4.35. The first-order chi connectivity index (χ1) is 16.9. The molecule has 8 heteroatoms. The normalized spacial score (nSPS) is 10.6. The standard InChI is InChI=1S/C27H26N4O4/c1-19-6-7-22(27-20(2)29-35-21(27)3)16-25(19)31(13-4-5-15-34-17-26(32)33)24-10-8-23(9-11-24)30-14-12-28-18-30/h6-12,14,16,18H,13,15,17H2,1-3H3,(H,32,33). The second-order valence-electron chi connectivity index (χ2n) is 8.01. The highest BCUT2D eigenvalue weighted by Crippen LogP contribution is 2.35. The quantitative estimate of drug-likeness (QED) is 0.295. The molecule has 2 heterocycles. The van der Waals surface area contributed by atoms with E-state index in [0.29, 0.717) is 6.54 Å². The third-order valence-electron chi connectivity index (χ3n) is 5.55. The summed E-state index contributed by atoms with van der Waals surface area (Å²) in [5, 5.41) is 12.8. The summed E-state index contributed by atoms with van der Waals surface area (Å²) < 4.78 is 12.4. The van der Waals surface area contributed by atoms with Crippen LogP contribution in [0.3, 0.4) is 0 Å². The molecule has 0 aliphatic rings. The summed E-state index contributed by atoms with van der Waals surface area (Å²) in [6.45, 7) is 5.98. The van der Waals surface area contributed by atoms with Crippen LogP contribution in [0.15, 0.2) is 65.7 Å². The first-order valence-corrected chi connectivity index (χ1v) is 11.1. The topological polar surface area (TPSA) is 93.6 Å². The van der Waals surface area contributed by atoms with E-state index >= 15 is 0 Å². The number of benzene rings is 2. The summed E-state index contributed by atoms with van der Waals surface area (Å²) >= 11 is 0. The van der Waals surface area contributed by atoms with Gasteiger partial charge in [0.15, 0.2) is 0 Å². The molecule has 178 valence electrons. The fourth-order valence-corrected chi connectivity index (χ4v) is 3.86. The average Bonchev–Trinajstić information content (AvgIpc) is 3.50. The van der Waals surface area contributed by atoms with E-state index in [2.05, 4.69) is 52.0 Å². The van der Waals surface area contributed by atoms with Crippen LogP contribution in [-0.4, -0.2) is 45.5 Å². The first kappa shape index (κ1) is 23.8. The molecule has 1 N–H and O–H groups in total. The van der Waals surface area contributed by atoms with E-state index < -0.39 is 5.97 Å². The molecular formula is C27H26N4O4. The van der Waals surface area contributed by atoms with Gasteiger partial charge in [-0.3, -0.25) is 0 Å². The third kappa shape index (κ3) is 5.60. The van der Waals surface area contributed by atoms with Gasteiger partial charge in [-0.2, -0.15) is 0 Å². The molecular weight excluding hydrogens is 444 g/mol. The van der Waals surface area contributed by atoms with E-state index in [1.807, 2.05) is 48.9 Å². The molecule has 0 atom stereocenters. The van der Waals surface area contributed by atoms with Crippen LogP contribution in [0.2, 0.25) is 0 Å². The number of aryl methyl sites for hydroxylation is 3. The summed E-state index contributed by atoms with van der Waals surface area (Å²) in [6, 6.07) is 14.4. The van der Waals surface area contributed by atoms with Gasteiger partial charge in [0, 0.05) is 35.0 Å². The van der Waals surface area contributed by atoms with Gasteiger partial charge in [0.1, 0.15) is 19.0 Å².